The summed E-state index contributed by atoms with van der Waals surface area (Å²) in [6.45, 7) is 0.808. The van der Waals surface area contributed by atoms with Gasteiger partial charge in [0.05, 0.1) is 8.81 Å². The average Bonchev–Trinajstić information content (AvgIpc) is 2.95. The third-order valence-electron chi connectivity index (χ3n) is 3.23. The Hall–Kier alpha value is -0.150. The predicted octanol–water partition coefficient (Wildman–Crippen LogP) is 3.04. The number of sulfonamides is 1. The fourth-order valence-electron chi connectivity index (χ4n) is 2.16. The second-order valence-corrected chi connectivity index (χ2v) is 9.58. The average molecular weight is 403 g/mol. The quantitative estimate of drug-likeness (QED) is 0.821. The lowest BCUT2D eigenvalue weighted by Gasteiger charge is -2.15. The van der Waals surface area contributed by atoms with Crippen molar-refractivity contribution < 1.29 is 18.3 Å². The van der Waals surface area contributed by atoms with E-state index in [1.807, 2.05) is 0 Å². The van der Waals surface area contributed by atoms with Crippen LogP contribution in [0.15, 0.2) is 14.1 Å². The lowest BCUT2D eigenvalue weighted by Crippen LogP contribution is -2.28. The van der Waals surface area contributed by atoms with Gasteiger partial charge in [0.25, 0.3) is 10.0 Å². The third-order valence-corrected chi connectivity index (χ3v) is 8.02. The van der Waals surface area contributed by atoms with Crippen molar-refractivity contribution in [3.8, 4) is 0 Å². The highest BCUT2D eigenvalue weighted by atomic mass is 79.9. The minimum absolute atomic E-state index is 0.0783. The van der Waals surface area contributed by atoms with Crippen LogP contribution in [0.1, 0.15) is 19.3 Å². The maximum atomic E-state index is 12.4. The second-order valence-electron chi connectivity index (χ2n) is 4.64. The van der Waals surface area contributed by atoms with Crippen molar-refractivity contribution >= 4 is 54.9 Å². The maximum Gasteiger partial charge on any atom is 0.303 e. The molecule has 0 radical (unpaired) electrons. The van der Waals surface area contributed by atoms with Gasteiger partial charge in [0.2, 0.25) is 0 Å². The van der Waals surface area contributed by atoms with Crippen molar-refractivity contribution in [1.29, 1.82) is 0 Å². The number of carboxylic acid groups (broad SMARTS) is 1. The van der Waals surface area contributed by atoms with Crippen LogP contribution in [-0.2, 0) is 14.8 Å². The van der Waals surface area contributed by atoms with Gasteiger partial charge in [-0.15, -0.1) is 11.3 Å². The van der Waals surface area contributed by atoms with Crippen LogP contribution in [0.3, 0.4) is 0 Å². The summed E-state index contributed by atoms with van der Waals surface area (Å²) in [6, 6.07) is 1.44. The number of carboxylic acids is 1. The summed E-state index contributed by atoms with van der Waals surface area (Å²) in [4.78, 5) is 10.5. The van der Waals surface area contributed by atoms with E-state index in [0.717, 1.165) is 11.3 Å². The summed E-state index contributed by atoms with van der Waals surface area (Å²) >= 11 is 10.2. The van der Waals surface area contributed by atoms with Crippen LogP contribution in [0.25, 0.3) is 0 Å². The number of hydrogen-bond donors (Lipinski definition) is 1. The van der Waals surface area contributed by atoms with Gasteiger partial charge < -0.3 is 5.11 Å². The molecule has 1 aliphatic rings. The molecule has 2 heterocycles. The molecule has 112 valence electrons. The number of nitrogens with zero attached hydrogens (tertiary/aromatic N) is 1. The van der Waals surface area contributed by atoms with Crippen molar-refractivity contribution in [3.63, 3.8) is 0 Å². The van der Waals surface area contributed by atoms with Gasteiger partial charge in [0.1, 0.15) is 4.21 Å². The Kier molecular flexibility index (Phi) is 5.12. The molecule has 0 aliphatic carbocycles. The molecule has 1 unspecified atom stereocenters. The van der Waals surface area contributed by atoms with Crippen LogP contribution < -0.4 is 0 Å². The summed E-state index contributed by atoms with van der Waals surface area (Å²) in [6.07, 6.45) is 1.29. The molecular weight excluding hydrogens is 390 g/mol. The Morgan fingerprint density at radius 2 is 2.30 bits per heavy atom. The van der Waals surface area contributed by atoms with Crippen LogP contribution in [0, 0.1) is 5.92 Å². The highest BCUT2D eigenvalue weighted by Crippen LogP contribution is 2.37. The largest absolute Gasteiger partial charge is 0.481 e. The summed E-state index contributed by atoms with van der Waals surface area (Å²) in [5.74, 6) is -0.736. The summed E-state index contributed by atoms with van der Waals surface area (Å²) in [7, 11) is -3.52. The van der Waals surface area contributed by atoms with Crippen molar-refractivity contribution in [3.05, 3.63) is 14.9 Å². The standard InChI is InChI=1S/C11H13BrClNO4S2/c12-11-8(13)5-10(19-11)20(17,18)14-4-3-7(6-14)1-2-9(15)16/h5,7H,1-4,6H2,(H,15,16). The molecule has 5 nitrogen and oxygen atoms in total. The van der Waals surface area contributed by atoms with Gasteiger partial charge in [0, 0.05) is 19.5 Å². The molecule has 0 amide bonds. The van der Waals surface area contributed by atoms with Crippen LogP contribution in [0.2, 0.25) is 5.02 Å². The van der Waals surface area contributed by atoms with Gasteiger partial charge in [-0.1, -0.05) is 11.6 Å². The highest BCUT2D eigenvalue weighted by Gasteiger charge is 2.33. The third kappa shape index (κ3) is 3.54. The molecule has 20 heavy (non-hydrogen) atoms. The normalized spacial score (nSPS) is 20.4. The van der Waals surface area contributed by atoms with Gasteiger partial charge in [-0.2, -0.15) is 4.31 Å². The number of halogens is 2. The van der Waals surface area contributed by atoms with E-state index in [2.05, 4.69) is 15.9 Å². The molecule has 0 aromatic carbocycles. The number of aliphatic carboxylic acids is 1. The highest BCUT2D eigenvalue weighted by molar-refractivity contribution is 9.11. The van der Waals surface area contributed by atoms with Crippen molar-refractivity contribution in [2.24, 2.45) is 5.92 Å². The van der Waals surface area contributed by atoms with E-state index in [0.29, 0.717) is 34.7 Å². The van der Waals surface area contributed by atoms with E-state index in [-0.39, 0.29) is 16.5 Å². The maximum absolute atomic E-state index is 12.4. The molecule has 1 aliphatic heterocycles. The van der Waals surface area contributed by atoms with Crippen LogP contribution >= 0.6 is 38.9 Å². The SMILES string of the molecule is O=C(O)CCC1CCN(S(=O)(=O)c2cc(Cl)c(Br)s2)C1. The lowest BCUT2D eigenvalue weighted by molar-refractivity contribution is -0.137. The summed E-state index contributed by atoms with van der Waals surface area (Å²) in [5, 5.41) is 9.05. The molecule has 2 rings (SSSR count). The molecule has 1 N–H and O–H groups in total. The Bertz CT molecular complexity index is 596. The van der Waals surface area contributed by atoms with Gasteiger partial charge >= 0.3 is 5.97 Å². The first-order valence-electron chi connectivity index (χ1n) is 5.97. The Morgan fingerprint density at radius 3 is 2.85 bits per heavy atom. The Morgan fingerprint density at radius 1 is 1.60 bits per heavy atom. The Labute approximate surface area is 134 Å². The first kappa shape index (κ1) is 16.2. The van der Waals surface area contributed by atoms with Crippen molar-refractivity contribution in [2.75, 3.05) is 13.1 Å². The van der Waals surface area contributed by atoms with Crippen LogP contribution in [0.5, 0.6) is 0 Å². The number of carbonyl (C=O) groups is 1. The van der Waals surface area contributed by atoms with E-state index < -0.39 is 16.0 Å². The zero-order chi connectivity index (χ0) is 14.9. The fourth-order valence-corrected chi connectivity index (χ4v) is 6.24. The summed E-state index contributed by atoms with van der Waals surface area (Å²) in [5.41, 5.74) is 0. The van der Waals surface area contributed by atoms with Gasteiger partial charge in [0.15, 0.2) is 0 Å². The fraction of sp³-hybridized carbons (Fsp3) is 0.545. The predicted molar refractivity (Wildman–Crippen MR) is 80.8 cm³/mol. The first-order valence-corrected chi connectivity index (χ1v) is 9.40. The number of thiophene rings is 1. The zero-order valence-electron chi connectivity index (χ0n) is 10.4. The number of hydrogen-bond acceptors (Lipinski definition) is 4. The van der Waals surface area contributed by atoms with Crippen molar-refractivity contribution in [1.82, 2.24) is 4.31 Å². The van der Waals surface area contributed by atoms with Crippen LogP contribution in [0.4, 0.5) is 0 Å². The molecule has 1 aromatic heterocycles. The van der Waals surface area contributed by atoms with E-state index in [9.17, 15) is 13.2 Å². The minimum atomic E-state index is -3.52. The monoisotopic (exact) mass is 401 g/mol. The zero-order valence-corrected chi connectivity index (χ0v) is 14.4. The van der Waals surface area contributed by atoms with Gasteiger partial charge in [-0.25, -0.2) is 8.42 Å². The van der Waals surface area contributed by atoms with E-state index in [1.165, 1.54) is 10.4 Å². The molecule has 1 atom stereocenters. The van der Waals surface area contributed by atoms with E-state index in [1.54, 1.807) is 0 Å². The molecule has 1 saturated heterocycles. The lowest BCUT2D eigenvalue weighted by atomic mass is 10.0. The minimum Gasteiger partial charge on any atom is -0.481 e. The molecule has 1 aromatic rings. The van der Waals surface area contributed by atoms with E-state index >= 15 is 0 Å². The number of rotatable bonds is 5. The Balaban J connectivity index is 2.06. The smallest absolute Gasteiger partial charge is 0.303 e. The molecule has 0 spiro atoms. The molecule has 0 bridgehead atoms. The first-order chi connectivity index (χ1) is 9.30. The molecular formula is C11H13BrClNO4S2. The van der Waals surface area contributed by atoms with Crippen molar-refractivity contribution in [2.45, 2.75) is 23.5 Å². The molecule has 9 heteroatoms. The van der Waals surface area contributed by atoms with Crippen LogP contribution in [-0.4, -0.2) is 36.9 Å². The van der Waals surface area contributed by atoms with E-state index in [4.69, 9.17) is 16.7 Å². The molecule has 1 fully saturated rings. The topological polar surface area (TPSA) is 74.7 Å². The molecule has 0 saturated carbocycles. The van der Waals surface area contributed by atoms with Gasteiger partial charge in [-0.3, -0.25) is 4.79 Å². The second kappa shape index (κ2) is 6.31. The van der Waals surface area contributed by atoms with Gasteiger partial charge in [-0.05, 0) is 40.8 Å². The summed E-state index contributed by atoms with van der Waals surface area (Å²) < 4.78 is 27.1.